The monoisotopic (exact) mass is 285 g/mol. The minimum absolute atomic E-state index is 0.125. The maximum Gasteiger partial charge on any atom is 0.258 e. The van der Waals surface area contributed by atoms with Crippen molar-refractivity contribution in [2.24, 2.45) is 0 Å². The lowest BCUT2D eigenvalue weighted by Gasteiger charge is -2.12. The third-order valence-electron chi connectivity index (χ3n) is 2.65. The first-order chi connectivity index (χ1) is 9.56. The molecule has 20 heavy (non-hydrogen) atoms. The van der Waals surface area contributed by atoms with Crippen molar-refractivity contribution in [1.29, 1.82) is 0 Å². The topological polar surface area (TPSA) is 88.1 Å². The van der Waals surface area contributed by atoms with Crippen LogP contribution in [0.15, 0.2) is 12.1 Å². The summed E-state index contributed by atoms with van der Waals surface area (Å²) in [6.07, 6.45) is -2.58. The second kappa shape index (κ2) is 5.68. The highest BCUT2D eigenvalue weighted by molar-refractivity contribution is 5.78. The Labute approximate surface area is 113 Å². The Hall–Kier alpha value is -2.45. The lowest BCUT2D eigenvalue weighted by atomic mass is 10.1. The zero-order chi connectivity index (χ0) is 14.7. The van der Waals surface area contributed by atoms with E-state index in [2.05, 4.69) is 15.5 Å². The molecular weight excluding hydrogens is 272 g/mol. The number of anilines is 1. The molecule has 0 aliphatic carbocycles. The van der Waals surface area contributed by atoms with E-state index in [9.17, 15) is 8.78 Å². The highest BCUT2D eigenvalue weighted by atomic mass is 19.3. The van der Waals surface area contributed by atoms with E-state index in [1.165, 1.54) is 14.2 Å². The van der Waals surface area contributed by atoms with Gasteiger partial charge in [0.15, 0.2) is 5.82 Å². The van der Waals surface area contributed by atoms with Gasteiger partial charge in [0.1, 0.15) is 18.0 Å². The van der Waals surface area contributed by atoms with E-state index in [1.807, 2.05) is 0 Å². The minimum Gasteiger partial charge on any atom is -0.497 e. The minimum atomic E-state index is -2.58. The van der Waals surface area contributed by atoms with Gasteiger partial charge in [-0.1, -0.05) is 0 Å². The molecule has 0 bridgehead atoms. The van der Waals surface area contributed by atoms with Crippen LogP contribution in [0.25, 0.3) is 11.4 Å². The quantitative estimate of drug-likeness (QED) is 0.831. The Morgan fingerprint density at radius 1 is 1.30 bits per heavy atom. The number of methoxy groups -OCH3 is 2. The largest absolute Gasteiger partial charge is 0.497 e. The number of nitrogens with two attached hydrogens (primary N) is 1. The molecule has 2 aromatic rings. The SMILES string of the molecule is COc1cc(OC)c(N)c(-c2nnnn2CC(F)F)c1. The van der Waals surface area contributed by atoms with Crippen LogP contribution in [-0.4, -0.2) is 40.9 Å². The summed E-state index contributed by atoms with van der Waals surface area (Å²) in [6, 6.07) is 3.14. The highest BCUT2D eigenvalue weighted by Gasteiger charge is 2.18. The summed E-state index contributed by atoms with van der Waals surface area (Å²) in [6.45, 7) is -0.624. The van der Waals surface area contributed by atoms with E-state index in [0.29, 0.717) is 17.1 Å². The van der Waals surface area contributed by atoms with Gasteiger partial charge in [-0.15, -0.1) is 5.10 Å². The summed E-state index contributed by atoms with van der Waals surface area (Å²) < 4.78 is 36.2. The van der Waals surface area contributed by atoms with E-state index < -0.39 is 13.0 Å². The first kappa shape index (κ1) is 14.0. The van der Waals surface area contributed by atoms with E-state index >= 15 is 0 Å². The van der Waals surface area contributed by atoms with E-state index in [-0.39, 0.29) is 11.5 Å². The molecule has 108 valence electrons. The third-order valence-corrected chi connectivity index (χ3v) is 2.65. The summed E-state index contributed by atoms with van der Waals surface area (Å²) in [5, 5.41) is 10.6. The van der Waals surface area contributed by atoms with Gasteiger partial charge in [-0.05, 0) is 16.5 Å². The highest BCUT2D eigenvalue weighted by Crippen LogP contribution is 2.36. The number of nitrogen functional groups attached to an aromatic ring is 1. The molecule has 0 atom stereocenters. The van der Waals surface area contributed by atoms with Crippen molar-refractivity contribution in [2.75, 3.05) is 20.0 Å². The molecule has 2 rings (SSSR count). The van der Waals surface area contributed by atoms with Gasteiger partial charge in [0.05, 0.1) is 25.5 Å². The van der Waals surface area contributed by atoms with Crippen molar-refractivity contribution in [3.63, 3.8) is 0 Å². The molecule has 1 heterocycles. The number of ether oxygens (including phenoxy) is 2. The fraction of sp³-hybridized carbons (Fsp3) is 0.364. The summed E-state index contributed by atoms with van der Waals surface area (Å²) in [5.41, 5.74) is 6.55. The molecule has 2 N–H and O–H groups in total. The van der Waals surface area contributed by atoms with Crippen molar-refractivity contribution in [3.05, 3.63) is 12.1 Å². The number of tetrazole rings is 1. The Morgan fingerprint density at radius 3 is 2.65 bits per heavy atom. The molecule has 0 amide bonds. The van der Waals surface area contributed by atoms with Gasteiger partial charge in [-0.2, -0.15) is 0 Å². The number of nitrogens with zero attached hydrogens (tertiary/aromatic N) is 4. The second-order valence-electron chi connectivity index (χ2n) is 3.87. The summed E-state index contributed by atoms with van der Waals surface area (Å²) >= 11 is 0. The van der Waals surface area contributed by atoms with Crippen molar-refractivity contribution >= 4 is 5.69 Å². The standard InChI is InChI=1S/C11H13F2N5O2/c1-19-6-3-7(10(14)8(4-6)20-2)11-15-16-17-18(11)5-9(12)13/h3-4,9H,5,14H2,1-2H3. The number of hydrogen-bond donors (Lipinski definition) is 1. The van der Waals surface area contributed by atoms with Gasteiger partial charge in [0.2, 0.25) is 0 Å². The molecule has 0 radical (unpaired) electrons. The van der Waals surface area contributed by atoms with E-state index in [4.69, 9.17) is 15.2 Å². The fourth-order valence-electron chi connectivity index (χ4n) is 1.72. The van der Waals surface area contributed by atoms with Crippen LogP contribution in [0, 0.1) is 0 Å². The third kappa shape index (κ3) is 2.60. The lowest BCUT2D eigenvalue weighted by molar-refractivity contribution is 0.121. The van der Waals surface area contributed by atoms with E-state index in [1.54, 1.807) is 12.1 Å². The molecule has 7 nitrogen and oxygen atoms in total. The van der Waals surface area contributed by atoms with Crippen molar-refractivity contribution in [1.82, 2.24) is 20.2 Å². The van der Waals surface area contributed by atoms with E-state index in [0.717, 1.165) is 4.68 Å². The number of benzene rings is 1. The maximum absolute atomic E-state index is 12.5. The zero-order valence-corrected chi connectivity index (χ0v) is 10.9. The Morgan fingerprint density at radius 2 is 2.05 bits per heavy atom. The number of halogens is 2. The number of rotatable bonds is 5. The second-order valence-corrected chi connectivity index (χ2v) is 3.87. The molecule has 0 saturated heterocycles. The Balaban J connectivity index is 2.54. The van der Waals surface area contributed by atoms with Gasteiger partial charge in [-0.3, -0.25) is 0 Å². The first-order valence-electron chi connectivity index (χ1n) is 5.63. The zero-order valence-electron chi connectivity index (χ0n) is 10.9. The van der Waals surface area contributed by atoms with Gasteiger partial charge in [-0.25, -0.2) is 13.5 Å². The molecule has 0 unspecified atom stereocenters. The fourth-order valence-corrected chi connectivity index (χ4v) is 1.72. The van der Waals surface area contributed by atoms with Crippen molar-refractivity contribution in [3.8, 4) is 22.9 Å². The number of aromatic nitrogens is 4. The van der Waals surface area contributed by atoms with Crippen LogP contribution in [0.2, 0.25) is 0 Å². The predicted molar refractivity (Wildman–Crippen MR) is 66.8 cm³/mol. The molecule has 0 aliphatic rings. The smallest absolute Gasteiger partial charge is 0.258 e. The first-order valence-corrected chi connectivity index (χ1v) is 5.63. The molecule has 1 aromatic heterocycles. The Bertz CT molecular complexity index is 602. The van der Waals surface area contributed by atoms with Crippen molar-refractivity contribution in [2.45, 2.75) is 13.0 Å². The van der Waals surface area contributed by atoms with Crippen LogP contribution in [0.4, 0.5) is 14.5 Å². The Kier molecular flexibility index (Phi) is 3.97. The average molecular weight is 285 g/mol. The molecule has 0 saturated carbocycles. The van der Waals surface area contributed by atoms with Crippen molar-refractivity contribution < 1.29 is 18.3 Å². The molecule has 0 fully saturated rings. The summed E-state index contributed by atoms with van der Waals surface area (Å²) in [5.74, 6) is 0.934. The van der Waals surface area contributed by atoms with Crippen LogP contribution in [-0.2, 0) is 6.54 Å². The molecule has 9 heteroatoms. The number of alkyl halides is 2. The normalized spacial score (nSPS) is 10.8. The number of hydrogen-bond acceptors (Lipinski definition) is 6. The molecule has 0 spiro atoms. The molecule has 0 aliphatic heterocycles. The van der Waals surface area contributed by atoms with Gasteiger partial charge in [0, 0.05) is 6.07 Å². The van der Waals surface area contributed by atoms with Gasteiger partial charge < -0.3 is 15.2 Å². The summed E-state index contributed by atoms with van der Waals surface area (Å²) in [7, 11) is 2.91. The van der Waals surface area contributed by atoms with Crippen LogP contribution in [0.5, 0.6) is 11.5 Å². The van der Waals surface area contributed by atoms with Crippen LogP contribution in [0.3, 0.4) is 0 Å². The van der Waals surface area contributed by atoms with Crippen LogP contribution in [0.1, 0.15) is 0 Å². The molecular formula is C11H13F2N5O2. The lowest BCUT2D eigenvalue weighted by Crippen LogP contribution is -2.11. The van der Waals surface area contributed by atoms with Crippen LogP contribution >= 0.6 is 0 Å². The average Bonchev–Trinajstić information content (AvgIpc) is 2.86. The maximum atomic E-state index is 12.5. The van der Waals surface area contributed by atoms with Crippen LogP contribution < -0.4 is 15.2 Å². The van der Waals surface area contributed by atoms with Gasteiger partial charge >= 0.3 is 0 Å². The van der Waals surface area contributed by atoms with Gasteiger partial charge in [0.25, 0.3) is 6.43 Å². The molecule has 1 aromatic carbocycles. The summed E-state index contributed by atoms with van der Waals surface area (Å²) in [4.78, 5) is 0. The predicted octanol–water partition coefficient (Wildman–Crippen LogP) is 1.20.